The van der Waals surface area contributed by atoms with E-state index < -0.39 is 0 Å². The Kier molecular flexibility index (Phi) is 5.59. The Morgan fingerprint density at radius 3 is 3.00 bits per heavy atom. The topological polar surface area (TPSA) is 56.1 Å². The van der Waals surface area contributed by atoms with Crippen molar-refractivity contribution >= 4 is 28.5 Å². The van der Waals surface area contributed by atoms with Gasteiger partial charge in [-0.25, -0.2) is 4.98 Å². The molecule has 0 aliphatic carbocycles. The number of alkyl halides is 1. The molecular formula is C15H20ClN3O2. The number of fused-ring (bicyclic) bond motifs is 1. The van der Waals surface area contributed by atoms with Crippen LogP contribution in [-0.2, 0) is 22.5 Å². The van der Waals surface area contributed by atoms with Crippen LogP contribution in [0.25, 0.3) is 11.0 Å². The minimum Gasteiger partial charge on any atom is -0.383 e. The Hall–Kier alpha value is -1.59. The third-order valence-electron chi connectivity index (χ3n) is 3.30. The molecule has 0 spiro atoms. The number of benzene rings is 1. The number of amides is 1. The van der Waals surface area contributed by atoms with E-state index in [0.29, 0.717) is 25.5 Å². The molecule has 21 heavy (non-hydrogen) atoms. The Morgan fingerprint density at radius 1 is 1.48 bits per heavy atom. The van der Waals surface area contributed by atoms with Crippen LogP contribution < -0.4 is 5.32 Å². The maximum absolute atomic E-state index is 12.0. The lowest BCUT2D eigenvalue weighted by Crippen LogP contribution is -2.31. The molecule has 0 saturated heterocycles. The summed E-state index contributed by atoms with van der Waals surface area (Å²) < 4.78 is 6.88. The van der Waals surface area contributed by atoms with Gasteiger partial charge in [0, 0.05) is 26.0 Å². The van der Waals surface area contributed by atoms with Gasteiger partial charge in [-0.05, 0) is 18.6 Å². The van der Waals surface area contributed by atoms with E-state index in [2.05, 4.69) is 10.3 Å². The van der Waals surface area contributed by atoms with Crippen LogP contribution in [0, 0.1) is 6.92 Å². The number of carbonyl (C=O) groups is 1. The summed E-state index contributed by atoms with van der Waals surface area (Å²) in [6, 6.07) is 5.95. The van der Waals surface area contributed by atoms with Crippen LogP contribution in [0.5, 0.6) is 0 Å². The van der Waals surface area contributed by atoms with Crippen molar-refractivity contribution in [3.05, 3.63) is 29.6 Å². The Labute approximate surface area is 129 Å². The molecule has 0 aliphatic heterocycles. The van der Waals surface area contributed by atoms with E-state index in [-0.39, 0.29) is 12.5 Å². The van der Waals surface area contributed by atoms with Crippen molar-refractivity contribution in [3.63, 3.8) is 0 Å². The van der Waals surface area contributed by atoms with Crippen LogP contribution in [0.3, 0.4) is 0 Å². The molecule has 0 aliphatic rings. The maximum atomic E-state index is 12.0. The number of hydrogen-bond donors (Lipinski definition) is 1. The van der Waals surface area contributed by atoms with Crippen LogP contribution in [0.4, 0.5) is 0 Å². The molecule has 0 unspecified atom stereocenters. The van der Waals surface area contributed by atoms with Gasteiger partial charge in [-0.1, -0.05) is 12.1 Å². The van der Waals surface area contributed by atoms with Crippen LogP contribution in [0.2, 0.25) is 0 Å². The fraction of sp³-hybridized carbons (Fsp3) is 0.467. The number of hydrogen-bond acceptors (Lipinski definition) is 3. The molecule has 5 nitrogen and oxygen atoms in total. The van der Waals surface area contributed by atoms with Crippen molar-refractivity contribution in [1.29, 1.82) is 0 Å². The normalized spacial score (nSPS) is 11.0. The number of aromatic nitrogens is 2. The molecule has 6 heteroatoms. The first kappa shape index (κ1) is 15.8. The molecule has 0 radical (unpaired) electrons. The van der Waals surface area contributed by atoms with Crippen LogP contribution in [0.1, 0.15) is 11.4 Å². The second-order valence-electron chi connectivity index (χ2n) is 4.84. The number of nitrogens with zero attached hydrogens (tertiary/aromatic N) is 2. The molecule has 1 heterocycles. The van der Waals surface area contributed by atoms with Gasteiger partial charge in [0.1, 0.15) is 12.4 Å². The zero-order valence-electron chi connectivity index (χ0n) is 12.4. The fourth-order valence-corrected chi connectivity index (χ4v) is 2.52. The van der Waals surface area contributed by atoms with Crippen LogP contribution >= 0.6 is 11.6 Å². The summed E-state index contributed by atoms with van der Waals surface area (Å²) in [5.74, 6) is 1.27. The highest BCUT2D eigenvalue weighted by Crippen LogP contribution is 2.20. The lowest BCUT2D eigenvalue weighted by atomic mass is 10.2. The SMILES string of the molecule is COCCNC(=O)Cn1c(CCCl)nc2cccc(C)c21. The van der Waals surface area contributed by atoms with Gasteiger partial charge in [0.05, 0.1) is 17.6 Å². The number of ether oxygens (including phenoxy) is 1. The molecule has 1 aromatic carbocycles. The molecule has 0 fully saturated rings. The summed E-state index contributed by atoms with van der Waals surface area (Å²) in [4.78, 5) is 16.6. The van der Waals surface area contributed by atoms with Gasteiger partial charge < -0.3 is 14.6 Å². The fourth-order valence-electron chi connectivity index (χ4n) is 2.35. The van der Waals surface area contributed by atoms with Crippen molar-refractivity contribution in [1.82, 2.24) is 14.9 Å². The van der Waals surface area contributed by atoms with Gasteiger partial charge in [0.25, 0.3) is 0 Å². The quantitative estimate of drug-likeness (QED) is 0.628. The summed E-state index contributed by atoms with van der Waals surface area (Å²) in [5, 5.41) is 2.83. The minimum absolute atomic E-state index is 0.0505. The number of aryl methyl sites for hydroxylation is 2. The monoisotopic (exact) mass is 309 g/mol. The lowest BCUT2D eigenvalue weighted by Gasteiger charge is -2.10. The van der Waals surface area contributed by atoms with Gasteiger partial charge in [-0.2, -0.15) is 0 Å². The number of nitrogens with one attached hydrogen (secondary N) is 1. The predicted octanol–water partition coefficient (Wildman–Crippen LogP) is 1.89. The third kappa shape index (κ3) is 3.74. The number of carbonyl (C=O) groups excluding carboxylic acids is 1. The second-order valence-corrected chi connectivity index (χ2v) is 5.22. The third-order valence-corrected chi connectivity index (χ3v) is 3.48. The smallest absolute Gasteiger partial charge is 0.240 e. The summed E-state index contributed by atoms with van der Waals surface area (Å²) in [6.45, 7) is 3.28. The number of imidazole rings is 1. The lowest BCUT2D eigenvalue weighted by molar-refractivity contribution is -0.121. The van der Waals surface area contributed by atoms with Gasteiger partial charge in [-0.3, -0.25) is 4.79 Å². The Bertz CT molecular complexity index is 625. The van der Waals surface area contributed by atoms with Crippen molar-refractivity contribution in [2.24, 2.45) is 0 Å². The molecule has 1 amide bonds. The van der Waals surface area contributed by atoms with Gasteiger partial charge in [0.15, 0.2) is 0 Å². The number of halogens is 1. The van der Waals surface area contributed by atoms with E-state index >= 15 is 0 Å². The van der Waals surface area contributed by atoms with Gasteiger partial charge >= 0.3 is 0 Å². The van der Waals surface area contributed by atoms with E-state index in [0.717, 1.165) is 22.4 Å². The molecule has 0 saturated carbocycles. The van der Waals surface area contributed by atoms with Crippen molar-refractivity contribution in [3.8, 4) is 0 Å². The van der Waals surface area contributed by atoms with Crippen molar-refractivity contribution < 1.29 is 9.53 Å². The molecule has 0 bridgehead atoms. The number of para-hydroxylation sites is 1. The zero-order chi connectivity index (χ0) is 15.2. The molecule has 1 N–H and O–H groups in total. The second kappa shape index (κ2) is 7.43. The first-order valence-corrected chi connectivity index (χ1v) is 7.47. The van der Waals surface area contributed by atoms with E-state index in [9.17, 15) is 4.79 Å². The molecular weight excluding hydrogens is 290 g/mol. The van der Waals surface area contributed by atoms with Crippen molar-refractivity contribution in [2.45, 2.75) is 19.9 Å². The Balaban J connectivity index is 2.27. The highest BCUT2D eigenvalue weighted by molar-refractivity contribution is 6.17. The molecule has 1 aromatic heterocycles. The van der Waals surface area contributed by atoms with Crippen molar-refractivity contribution in [2.75, 3.05) is 26.1 Å². The van der Waals surface area contributed by atoms with Gasteiger partial charge in [0.2, 0.25) is 5.91 Å². The summed E-state index contributed by atoms with van der Waals surface area (Å²) in [6.07, 6.45) is 0.640. The average molecular weight is 310 g/mol. The summed E-state index contributed by atoms with van der Waals surface area (Å²) in [5.41, 5.74) is 3.00. The van der Waals surface area contributed by atoms with E-state index in [1.807, 2.05) is 29.7 Å². The van der Waals surface area contributed by atoms with E-state index in [1.165, 1.54) is 0 Å². The average Bonchev–Trinajstić information content (AvgIpc) is 2.79. The summed E-state index contributed by atoms with van der Waals surface area (Å²) in [7, 11) is 1.61. The number of rotatable bonds is 7. The number of methoxy groups -OCH3 is 1. The van der Waals surface area contributed by atoms with E-state index in [1.54, 1.807) is 7.11 Å². The molecule has 2 aromatic rings. The predicted molar refractivity (Wildman–Crippen MR) is 83.8 cm³/mol. The summed E-state index contributed by atoms with van der Waals surface area (Å²) >= 11 is 5.84. The maximum Gasteiger partial charge on any atom is 0.240 e. The van der Waals surface area contributed by atoms with Gasteiger partial charge in [-0.15, -0.1) is 11.6 Å². The highest BCUT2D eigenvalue weighted by atomic mass is 35.5. The highest BCUT2D eigenvalue weighted by Gasteiger charge is 2.14. The zero-order valence-corrected chi connectivity index (χ0v) is 13.1. The van der Waals surface area contributed by atoms with Crippen LogP contribution in [0.15, 0.2) is 18.2 Å². The first-order chi connectivity index (χ1) is 10.2. The van der Waals surface area contributed by atoms with E-state index in [4.69, 9.17) is 16.3 Å². The first-order valence-electron chi connectivity index (χ1n) is 6.93. The Morgan fingerprint density at radius 2 is 2.29 bits per heavy atom. The molecule has 2 rings (SSSR count). The van der Waals surface area contributed by atoms with Crippen LogP contribution in [-0.4, -0.2) is 41.6 Å². The molecule has 114 valence electrons. The minimum atomic E-state index is -0.0505. The molecule has 0 atom stereocenters. The largest absolute Gasteiger partial charge is 0.383 e. The standard InChI is InChI=1S/C15H20ClN3O2/c1-11-4-3-5-12-15(11)19(13(18-12)6-7-16)10-14(20)17-8-9-21-2/h3-5H,6-10H2,1-2H3,(H,17,20).